The smallest absolute Gasteiger partial charge is 0.237 e. The van der Waals surface area contributed by atoms with Crippen LogP contribution in [0.2, 0.25) is 0 Å². The quantitative estimate of drug-likeness (QED) is 0.671. The number of aromatic nitrogens is 2. The lowest BCUT2D eigenvalue weighted by Gasteiger charge is -2.15. The summed E-state index contributed by atoms with van der Waals surface area (Å²) in [6.45, 7) is 2.90. The molecule has 1 aliphatic heterocycles. The largest absolute Gasteiger partial charge is 0.348 e. The molecule has 5 nitrogen and oxygen atoms in total. The summed E-state index contributed by atoms with van der Waals surface area (Å²) in [5.41, 5.74) is 1.00. The standard InChI is InChI=1S/C10H16N4O/c1-7(8-5-12-13-6-8)14-10(15)9-3-2-4-11-9/h5-7,9,11H,2-4H2,1H3,(H,12,13)(H,14,15)/t7?,9-/m0/s1. The van der Waals surface area contributed by atoms with Crippen molar-refractivity contribution in [3.63, 3.8) is 0 Å². The van der Waals surface area contributed by atoms with Gasteiger partial charge in [-0.3, -0.25) is 9.89 Å². The summed E-state index contributed by atoms with van der Waals surface area (Å²) in [5.74, 6) is 0.0844. The molecule has 2 heterocycles. The number of nitrogens with one attached hydrogen (secondary N) is 3. The van der Waals surface area contributed by atoms with Crippen molar-refractivity contribution in [3.05, 3.63) is 18.0 Å². The van der Waals surface area contributed by atoms with Crippen LogP contribution in [-0.2, 0) is 4.79 Å². The van der Waals surface area contributed by atoms with Crippen LogP contribution in [0.5, 0.6) is 0 Å². The molecule has 1 aromatic heterocycles. The molecule has 1 amide bonds. The van der Waals surface area contributed by atoms with E-state index in [1.54, 1.807) is 12.4 Å². The molecule has 0 spiro atoms. The van der Waals surface area contributed by atoms with Crippen molar-refractivity contribution in [1.82, 2.24) is 20.8 Å². The van der Waals surface area contributed by atoms with E-state index in [1.807, 2.05) is 6.92 Å². The molecule has 15 heavy (non-hydrogen) atoms. The number of nitrogens with zero attached hydrogens (tertiary/aromatic N) is 1. The second kappa shape index (κ2) is 4.44. The summed E-state index contributed by atoms with van der Waals surface area (Å²) in [7, 11) is 0. The van der Waals surface area contributed by atoms with Crippen molar-refractivity contribution in [2.75, 3.05) is 6.54 Å². The third kappa shape index (κ3) is 2.36. The predicted octanol–water partition coefficient (Wildman–Crippen LogP) is 0.339. The highest BCUT2D eigenvalue weighted by Gasteiger charge is 2.23. The van der Waals surface area contributed by atoms with E-state index in [-0.39, 0.29) is 18.0 Å². The summed E-state index contributed by atoms with van der Waals surface area (Å²) >= 11 is 0. The number of amides is 1. The summed E-state index contributed by atoms with van der Waals surface area (Å²) in [4.78, 5) is 11.7. The minimum atomic E-state index is -0.0145. The number of aromatic amines is 1. The van der Waals surface area contributed by atoms with Gasteiger partial charge in [-0.2, -0.15) is 5.10 Å². The topological polar surface area (TPSA) is 69.8 Å². The monoisotopic (exact) mass is 208 g/mol. The predicted molar refractivity (Wildman–Crippen MR) is 56.2 cm³/mol. The third-order valence-corrected chi connectivity index (χ3v) is 2.75. The first-order valence-electron chi connectivity index (χ1n) is 5.30. The fourth-order valence-electron chi connectivity index (χ4n) is 1.80. The molecule has 1 fully saturated rings. The van der Waals surface area contributed by atoms with Crippen molar-refractivity contribution < 1.29 is 4.79 Å². The molecule has 1 saturated heterocycles. The van der Waals surface area contributed by atoms with Crippen LogP contribution >= 0.6 is 0 Å². The molecule has 5 heteroatoms. The van der Waals surface area contributed by atoms with Crippen LogP contribution in [0.25, 0.3) is 0 Å². The normalized spacial score (nSPS) is 22.6. The van der Waals surface area contributed by atoms with E-state index in [0.717, 1.165) is 24.9 Å². The maximum atomic E-state index is 11.7. The number of hydrogen-bond acceptors (Lipinski definition) is 3. The van der Waals surface area contributed by atoms with Gasteiger partial charge in [0.15, 0.2) is 0 Å². The Balaban J connectivity index is 1.88. The second-order valence-electron chi connectivity index (χ2n) is 3.91. The highest BCUT2D eigenvalue weighted by atomic mass is 16.2. The summed E-state index contributed by atoms with van der Waals surface area (Å²) in [6, 6.07) is -0.00185. The SMILES string of the molecule is CC(NC(=O)[C@@H]1CCCN1)c1cn[nH]c1. The lowest BCUT2D eigenvalue weighted by atomic mass is 10.1. The summed E-state index contributed by atoms with van der Waals surface area (Å²) in [5, 5.41) is 12.7. The second-order valence-corrected chi connectivity index (χ2v) is 3.91. The summed E-state index contributed by atoms with van der Waals surface area (Å²) < 4.78 is 0. The Bertz CT molecular complexity index is 316. The van der Waals surface area contributed by atoms with Crippen LogP contribution < -0.4 is 10.6 Å². The number of rotatable bonds is 3. The maximum absolute atomic E-state index is 11.7. The average molecular weight is 208 g/mol. The molecule has 0 aromatic carbocycles. The molecular weight excluding hydrogens is 192 g/mol. The Morgan fingerprint density at radius 3 is 3.20 bits per heavy atom. The zero-order valence-electron chi connectivity index (χ0n) is 8.79. The van der Waals surface area contributed by atoms with Gasteiger partial charge in [-0.15, -0.1) is 0 Å². The Kier molecular flexibility index (Phi) is 3.01. The fourth-order valence-corrected chi connectivity index (χ4v) is 1.80. The van der Waals surface area contributed by atoms with Gasteiger partial charge < -0.3 is 10.6 Å². The highest BCUT2D eigenvalue weighted by molar-refractivity contribution is 5.82. The zero-order chi connectivity index (χ0) is 10.7. The van der Waals surface area contributed by atoms with Gasteiger partial charge in [-0.1, -0.05) is 0 Å². The van der Waals surface area contributed by atoms with Crippen LogP contribution in [0.15, 0.2) is 12.4 Å². The van der Waals surface area contributed by atoms with Crippen molar-refractivity contribution in [2.24, 2.45) is 0 Å². The third-order valence-electron chi connectivity index (χ3n) is 2.75. The van der Waals surface area contributed by atoms with Gasteiger partial charge in [-0.25, -0.2) is 0 Å². The maximum Gasteiger partial charge on any atom is 0.237 e. The first-order chi connectivity index (χ1) is 7.27. The number of carbonyl (C=O) groups is 1. The highest BCUT2D eigenvalue weighted by Crippen LogP contribution is 2.11. The van der Waals surface area contributed by atoms with Gasteiger partial charge in [0.2, 0.25) is 5.91 Å². The van der Waals surface area contributed by atoms with Gasteiger partial charge in [-0.05, 0) is 26.3 Å². The van der Waals surface area contributed by atoms with Crippen molar-refractivity contribution >= 4 is 5.91 Å². The van der Waals surface area contributed by atoms with Crippen LogP contribution in [-0.4, -0.2) is 28.7 Å². The Hall–Kier alpha value is -1.36. The molecule has 2 rings (SSSR count). The minimum absolute atomic E-state index is 0.0126. The molecule has 2 atom stereocenters. The molecule has 82 valence electrons. The molecule has 1 aliphatic rings. The molecule has 0 saturated carbocycles. The van der Waals surface area contributed by atoms with Crippen molar-refractivity contribution in [1.29, 1.82) is 0 Å². The van der Waals surface area contributed by atoms with Gasteiger partial charge in [0.05, 0.1) is 18.3 Å². The van der Waals surface area contributed by atoms with E-state index in [9.17, 15) is 4.79 Å². The van der Waals surface area contributed by atoms with E-state index >= 15 is 0 Å². The lowest BCUT2D eigenvalue weighted by Crippen LogP contribution is -2.41. The number of H-pyrrole nitrogens is 1. The minimum Gasteiger partial charge on any atom is -0.348 e. The van der Waals surface area contributed by atoms with Crippen LogP contribution in [0.3, 0.4) is 0 Å². The van der Waals surface area contributed by atoms with E-state index in [1.165, 1.54) is 0 Å². The molecule has 0 radical (unpaired) electrons. The molecule has 1 unspecified atom stereocenters. The van der Waals surface area contributed by atoms with Crippen molar-refractivity contribution in [3.8, 4) is 0 Å². The van der Waals surface area contributed by atoms with E-state index in [4.69, 9.17) is 0 Å². The van der Waals surface area contributed by atoms with E-state index in [0.29, 0.717) is 0 Å². The Morgan fingerprint density at radius 2 is 2.60 bits per heavy atom. The van der Waals surface area contributed by atoms with Gasteiger partial charge in [0, 0.05) is 11.8 Å². The first-order valence-corrected chi connectivity index (χ1v) is 5.30. The lowest BCUT2D eigenvalue weighted by molar-refractivity contribution is -0.123. The average Bonchev–Trinajstić information content (AvgIpc) is 2.91. The molecular formula is C10H16N4O. The Labute approximate surface area is 88.6 Å². The van der Waals surface area contributed by atoms with Crippen LogP contribution in [0.1, 0.15) is 31.4 Å². The van der Waals surface area contributed by atoms with Crippen LogP contribution in [0, 0.1) is 0 Å². The molecule has 0 bridgehead atoms. The fraction of sp³-hybridized carbons (Fsp3) is 0.600. The van der Waals surface area contributed by atoms with Crippen LogP contribution in [0.4, 0.5) is 0 Å². The first kappa shape index (κ1) is 10.2. The van der Waals surface area contributed by atoms with Gasteiger partial charge in [0.25, 0.3) is 0 Å². The van der Waals surface area contributed by atoms with E-state index in [2.05, 4.69) is 20.8 Å². The molecule has 0 aliphatic carbocycles. The van der Waals surface area contributed by atoms with Gasteiger partial charge in [0.1, 0.15) is 0 Å². The number of carbonyl (C=O) groups excluding carboxylic acids is 1. The Morgan fingerprint density at radius 1 is 1.73 bits per heavy atom. The molecule has 3 N–H and O–H groups in total. The molecule has 1 aromatic rings. The number of hydrogen-bond donors (Lipinski definition) is 3. The van der Waals surface area contributed by atoms with Crippen molar-refractivity contribution in [2.45, 2.75) is 31.8 Å². The zero-order valence-corrected chi connectivity index (χ0v) is 8.79. The van der Waals surface area contributed by atoms with Gasteiger partial charge >= 0.3 is 0 Å². The van der Waals surface area contributed by atoms with E-state index < -0.39 is 0 Å². The summed E-state index contributed by atoms with van der Waals surface area (Å²) in [6.07, 6.45) is 5.54.